The Bertz CT molecular complexity index is 533. The van der Waals surface area contributed by atoms with Crippen LogP contribution >= 0.6 is 0 Å². The van der Waals surface area contributed by atoms with E-state index in [1.807, 2.05) is 6.92 Å². The first-order valence-corrected chi connectivity index (χ1v) is 8.72. The van der Waals surface area contributed by atoms with Crippen molar-refractivity contribution in [3.63, 3.8) is 0 Å². The summed E-state index contributed by atoms with van der Waals surface area (Å²) in [5.41, 5.74) is -0.156. The van der Waals surface area contributed by atoms with Gasteiger partial charge in [0.25, 0.3) is 0 Å². The molecule has 0 aromatic heterocycles. The fraction of sp³-hybridized carbons (Fsp3) is 0.750. The van der Waals surface area contributed by atoms with Crippen LogP contribution in [-0.2, 0) is 4.79 Å². The first-order chi connectivity index (χ1) is 10.5. The van der Waals surface area contributed by atoms with E-state index in [1.165, 1.54) is 0 Å². The van der Waals surface area contributed by atoms with Gasteiger partial charge in [-0.2, -0.15) is 0 Å². The number of allylic oxidation sites excluding steroid dienone is 2. The van der Waals surface area contributed by atoms with Gasteiger partial charge in [0.1, 0.15) is 0 Å². The largest absolute Gasteiger partial charge is 0.393 e. The molecule has 0 aromatic carbocycles. The summed E-state index contributed by atoms with van der Waals surface area (Å²) < 4.78 is 0. The minimum Gasteiger partial charge on any atom is -0.393 e. The van der Waals surface area contributed by atoms with Crippen LogP contribution in [0.1, 0.15) is 60.3 Å². The van der Waals surface area contributed by atoms with Crippen molar-refractivity contribution in [2.24, 2.45) is 22.7 Å². The average molecular weight is 320 g/mol. The number of ketones is 1. The van der Waals surface area contributed by atoms with Gasteiger partial charge in [0.05, 0.1) is 11.7 Å². The quantitative estimate of drug-likeness (QED) is 0.777. The van der Waals surface area contributed by atoms with Gasteiger partial charge in [0.2, 0.25) is 0 Å². The Labute approximate surface area is 140 Å². The molecule has 1 fully saturated rings. The Morgan fingerprint density at radius 2 is 2.09 bits per heavy atom. The van der Waals surface area contributed by atoms with Crippen molar-refractivity contribution in [3.05, 3.63) is 24.3 Å². The summed E-state index contributed by atoms with van der Waals surface area (Å²) >= 11 is 0. The molecule has 2 aliphatic rings. The molecular formula is C20H32O3. The number of hydrogen-bond donors (Lipinski definition) is 2. The predicted octanol–water partition coefficient (Wildman–Crippen LogP) is 3.65. The van der Waals surface area contributed by atoms with Gasteiger partial charge in [-0.15, -0.1) is 6.58 Å². The summed E-state index contributed by atoms with van der Waals surface area (Å²) in [6.07, 6.45) is 5.57. The summed E-state index contributed by atoms with van der Waals surface area (Å²) in [6, 6.07) is 0. The molecule has 0 heterocycles. The lowest BCUT2D eigenvalue weighted by atomic mass is 9.46. The van der Waals surface area contributed by atoms with E-state index in [0.717, 1.165) is 12.0 Å². The Kier molecular flexibility index (Phi) is 4.69. The third-order valence-electron chi connectivity index (χ3n) is 7.11. The molecule has 0 amide bonds. The lowest BCUT2D eigenvalue weighted by molar-refractivity contribution is -0.138. The van der Waals surface area contributed by atoms with Gasteiger partial charge < -0.3 is 10.2 Å². The second-order valence-electron chi connectivity index (χ2n) is 8.60. The molecular weight excluding hydrogens is 288 g/mol. The van der Waals surface area contributed by atoms with E-state index in [9.17, 15) is 15.0 Å². The zero-order valence-electron chi connectivity index (χ0n) is 15.2. The van der Waals surface area contributed by atoms with E-state index in [2.05, 4.69) is 27.4 Å². The number of aliphatic hydroxyl groups is 2. The molecule has 2 rings (SSSR count). The fourth-order valence-corrected chi connectivity index (χ4v) is 4.83. The van der Waals surface area contributed by atoms with Gasteiger partial charge in [-0.25, -0.2) is 0 Å². The molecule has 0 aromatic rings. The van der Waals surface area contributed by atoms with Gasteiger partial charge in [-0.1, -0.05) is 32.4 Å². The summed E-state index contributed by atoms with van der Waals surface area (Å²) in [4.78, 5) is 12.2. The second-order valence-corrected chi connectivity index (χ2v) is 8.60. The minimum absolute atomic E-state index is 0.0971. The van der Waals surface area contributed by atoms with Crippen molar-refractivity contribution >= 4 is 5.78 Å². The molecule has 0 radical (unpaired) electrons. The zero-order valence-corrected chi connectivity index (χ0v) is 15.2. The van der Waals surface area contributed by atoms with E-state index in [4.69, 9.17) is 0 Å². The van der Waals surface area contributed by atoms with Crippen LogP contribution in [0.4, 0.5) is 0 Å². The van der Waals surface area contributed by atoms with E-state index in [0.29, 0.717) is 19.3 Å². The number of rotatable bonds is 4. The number of carbonyl (C=O) groups excluding carboxylic acids is 1. The maximum atomic E-state index is 12.2. The average Bonchev–Trinajstić information content (AvgIpc) is 2.47. The van der Waals surface area contributed by atoms with Crippen LogP contribution in [0.2, 0.25) is 0 Å². The number of aliphatic hydroxyl groups excluding tert-OH is 1. The van der Waals surface area contributed by atoms with E-state index < -0.39 is 5.60 Å². The molecule has 0 unspecified atom stereocenters. The minimum atomic E-state index is -0.912. The fourth-order valence-electron chi connectivity index (χ4n) is 4.83. The number of carbonyl (C=O) groups is 1. The Balaban J connectivity index is 2.40. The summed E-state index contributed by atoms with van der Waals surface area (Å²) in [5, 5.41) is 21.0. The van der Waals surface area contributed by atoms with Crippen molar-refractivity contribution in [3.8, 4) is 0 Å². The smallest absolute Gasteiger partial charge is 0.155 e. The van der Waals surface area contributed by atoms with Gasteiger partial charge >= 0.3 is 0 Å². The molecule has 2 N–H and O–H groups in total. The van der Waals surface area contributed by atoms with Gasteiger partial charge in [-0.05, 0) is 61.9 Å². The molecule has 2 aliphatic carbocycles. The standard InChI is InChI=1S/C20H32O3/c1-7-18(4,23)8-9-19(5)14(3)16(22)12-20(6)13(2)10-15(21)11-17(19)20/h7,10,14,16-17,22-23H,1,8-9,11-12H2,2-6H3/t14-,16+,17+,18+,19-,20-/m0/s1. The van der Waals surface area contributed by atoms with Crippen LogP contribution < -0.4 is 0 Å². The number of fused-ring (bicyclic) bond motifs is 1. The van der Waals surface area contributed by atoms with E-state index in [1.54, 1.807) is 19.1 Å². The Morgan fingerprint density at radius 3 is 2.65 bits per heavy atom. The third-order valence-corrected chi connectivity index (χ3v) is 7.11. The molecule has 1 saturated carbocycles. The third kappa shape index (κ3) is 3.06. The maximum absolute atomic E-state index is 12.2. The molecule has 130 valence electrons. The number of hydrogen-bond acceptors (Lipinski definition) is 3. The lowest BCUT2D eigenvalue weighted by Crippen LogP contribution is -2.56. The van der Waals surface area contributed by atoms with Crippen LogP contribution in [0, 0.1) is 22.7 Å². The van der Waals surface area contributed by atoms with E-state index in [-0.39, 0.29) is 34.6 Å². The van der Waals surface area contributed by atoms with Crippen LogP contribution in [0.15, 0.2) is 24.3 Å². The molecule has 23 heavy (non-hydrogen) atoms. The summed E-state index contributed by atoms with van der Waals surface area (Å²) in [5.74, 6) is 0.488. The predicted molar refractivity (Wildman–Crippen MR) is 92.9 cm³/mol. The van der Waals surface area contributed by atoms with Gasteiger partial charge in [0, 0.05) is 6.42 Å². The SMILES string of the molecule is C=C[C@@](C)(O)CC[C@]1(C)[C@H]2CC(=O)C=C(C)[C@]2(C)C[C@@H](O)[C@@H]1C. The highest BCUT2D eigenvalue weighted by Crippen LogP contribution is 2.61. The molecule has 0 saturated heterocycles. The first-order valence-electron chi connectivity index (χ1n) is 8.72. The van der Waals surface area contributed by atoms with Crippen LogP contribution in [-0.4, -0.2) is 27.7 Å². The van der Waals surface area contributed by atoms with Crippen molar-refractivity contribution in [2.45, 2.75) is 72.0 Å². The lowest BCUT2D eigenvalue weighted by Gasteiger charge is -2.59. The molecule has 3 nitrogen and oxygen atoms in total. The van der Waals surface area contributed by atoms with E-state index >= 15 is 0 Å². The molecule has 0 aliphatic heterocycles. The van der Waals surface area contributed by atoms with Gasteiger partial charge in [0.15, 0.2) is 5.78 Å². The van der Waals surface area contributed by atoms with Crippen molar-refractivity contribution in [1.29, 1.82) is 0 Å². The summed E-state index contributed by atoms with van der Waals surface area (Å²) in [7, 11) is 0. The molecule has 0 spiro atoms. The topological polar surface area (TPSA) is 57.5 Å². The van der Waals surface area contributed by atoms with Crippen molar-refractivity contribution < 1.29 is 15.0 Å². The maximum Gasteiger partial charge on any atom is 0.155 e. The summed E-state index contributed by atoms with van der Waals surface area (Å²) in [6.45, 7) is 14.0. The first kappa shape index (κ1) is 18.4. The van der Waals surface area contributed by atoms with Crippen molar-refractivity contribution in [1.82, 2.24) is 0 Å². The highest BCUT2D eigenvalue weighted by molar-refractivity contribution is 5.92. The van der Waals surface area contributed by atoms with Gasteiger partial charge in [-0.3, -0.25) is 4.79 Å². The van der Waals surface area contributed by atoms with Crippen LogP contribution in [0.3, 0.4) is 0 Å². The van der Waals surface area contributed by atoms with Crippen molar-refractivity contribution in [2.75, 3.05) is 0 Å². The highest BCUT2D eigenvalue weighted by Gasteiger charge is 2.57. The monoisotopic (exact) mass is 320 g/mol. The Hall–Kier alpha value is -0.930. The van der Waals surface area contributed by atoms with Crippen LogP contribution in [0.5, 0.6) is 0 Å². The normalized spacial score (nSPS) is 43.3. The highest BCUT2D eigenvalue weighted by atomic mass is 16.3. The zero-order chi connectivity index (χ0) is 17.6. The second kappa shape index (κ2) is 5.86. The molecule has 3 heteroatoms. The molecule has 6 atom stereocenters. The van der Waals surface area contributed by atoms with Crippen LogP contribution in [0.25, 0.3) is 0 Å². The molecule has 0 bridgehead atoms. The Morgan fingerprint density at radius 1 is 1.48 bits per heavy atom.